The molecule has 9 heteroatoms. The van der Waals surface area contributed by atoms with Gasteiger partial charge in [0.2, 0.25) is 5.95 Å². The van der Waals surface area contributed by atoms with Gasteiger partial charge in [-0.15, -0.1) is 0 Å². The number of aromatic nitrogens is 3. The lowest BCUT2D eigenvalue weighted by molar-refractivity contribution is -0.00584. The summed E-state index contributed by atoms with van der Waals surface area (Å²) in [5, 5.41) is 3.65. The molecule has 9 nitrogen and oxygen atoms in total. The van der Waals surface area contributed by atoms with E-state index in [4.69, 9.17) is 19.0 Å². The van der Waals surface area contributed by atoms with Gasteiger partial charge < -0.3 is 23.8 Å². The molecule has 1 amide bonds. The molecule has 3 aliphatic rings. The van der Waals surface area contributed by atoms with Crippen molar-refractivity contribution in [3.8, 4) is 0 Å². The van der Waals surface area contributed by atoms with Gasteiger partial charge in [-0.1, -0.05) is 5.16 Å². The number of rotatable bonds is 2. The standard InChI is InChI=1S/C20H25N5O4/c1-13-7-25(8-14(2)29-13)19-21-5-15-9-27-12-20(17(15)23-19)3-4-24(11-20)18(26)16-6-22-28-10-16/h5-6,10,13-14H,3-4,7-9,11-12H2,1-2H3/t13-,14-,20+/m1/s1. The van der Waals surface area contributed by atoms with Crippen LogP contribution in [0.3, 0.4) is 0 Å². The second kappa shape index (κ2) is 7.07. The van der Waals surface area contributed by atoms with Crippen LogP contribution in [0.2, 0.25) is 0 Å². The Labute approximate surface area is 169 Å². The van der Waals surface area contributed by atoms with Crippen LogP contribution in [0.15, 0.2) is 23.2 Å². The van der Waals surface area contributed by atoms with Crippen molar-refractivity contribution >= 4 is 11.9 Å². The van der Waals surface area contributed by atoms with Gasteiger partial charge in [0.05, 0.1) is 48.3 Å². The van der Waals surface area contributed by atoms with Crippen molar-refractivity contribution in [1.29, 1.82) is 0 Å². The number of hydrogen-bond acceptors (Lipinski definition) is 8. The van der Waals surface area contributed by atoms with E-state index >= 15 is 0 Å². The number of fused-ring (bicyclic) bond motifs is 2. The molecular formula is C20H25N5O4. The molecule has 0 bridgehead atoms. The van der Waals surface area contributed by atoms with E-state index in [0.717, 1.165) is 36.7 Å². The Kier molecular flexibility index (Phi) is 4.51. The van der Waals surface area contributed by atoms with Crippen LogP contribution in [-0.2, 0) is 21.5 Å². The van der Waals surface area contributed by atoms with Gasteiger partial charge in [-0.05, 0) is 20.3 Å². The highest BCUT2D eigenvalue weighted by Gasteiger charge is 2.46. The average Bonchev–Trinajstić information content (AvgIpc) is 3.38. The summed E-state index contributed by atoms with van der Waals surface area (Å²) >= 11 is 0. The summed E-state index contributed by atoms with van der Waals surface area (Å²) in [5.41, 5.74) is 2.19. The van der Waals surface area contributed by atoms with Crippen molar-refractivity contribution in [1.82, 2.24) is 20.0 Å². The Morgan fingerprint density at radius 1 is 1.24 bits per heavy atom. The molecule has 154 valence electrons. The molecule has 5 heterocycles. The van der Waals surface area contributed by atoms with Gasteiger partial charge in [-0.2, -0.15) is 0 Å². The van der Waals surface area contributed by atoms with Crippen molar-refractivity contribution in [2.75, 3.05) is 37.7 Å². The largest absolute Gasteiger partial charge is 0.376 e. The molecule has 0 unspecified atom stereocenters. The van der Waals surface area contributed by atoms with Gasteiger partial charge in [-0.25, -0.2) is 9.97 Å². The molecule has 2 fully saturated rings. The Balaban J connectivity index is 1.43. The second-order valence-corrected chi connectivity index (χ2v) is 8.37. The third-order valence-corrected chi connectivity index (χ3v) is 6.01. The van der Waals surface area contributed by atoms with Crippen molar-refractivity contribution < 1.29 is 18.8 Å². The maximum absolute atomic E-state index is 12.8. The zero-order valence-corrected chi connectivity index (χ0v) is 16.7. The number of carbonyl (C=O) groups is 1. The number of nitrogens with zero attached hydrogens (tertiary/aromatic N) is 5. The van der Waals surface area contributed by atoms with Crippen LogP contribution < -0.4 is 4.90 Å². The molecule has 0 aromatic carbocycles. The van der Waals surface area contributed by atoms with E-state index in [-0.39, 0.29) is 23.5 Å². The summed E-state index contributed by atoms with van der Waals surface area (Å²) in [5.74, 6) is 0.663. The molecule has 0 N–H and O–H groups in total. The van der Waals surface area contributed by atoms with Gasteiger partial charge in [0.1, 0.15) is 6.26 Å². The van der Waals surface area contributed by atoms with E-state index in [1.165, 1.54) is 12.5 Å². The Morgan fingerprint density at radius 3 is 2.83 bits per heavy atom. The third kappa shape index (κ3) is 3.28. The zero-order chi connectivity index (χ0) is 20.0. The Hall–Kier alpha value is -2.52. The molecule has 1 spiro atoms. The smallest absolute Gasteiger partial charge is 0.258 e. The molecule has 0 aliphatic carbocycles. The van der Waals surface area contributed by atoms with Crippen molar-refractivity contribution in [3.05, 3.63) is 35.5 Å². The van der Waals surface area contributed by atoms with Crippen LogP contribution in [0, 0.1) is 0 Å². The molecule has 3 aliphatic heterocycles. The summed E-state index contributed by atoms with van der Waals surface area (Å²) < 4.78 is 16.6. The van der Waals surface area contributed by atoms with Crippen LogP contribution in [-0.4, -0.2) is 70.9 Å². The number of anilines is 1. The minimum absolute atomic E-state index is 0.0691. The summed E-state index contributed by atoms with van der Waals surface area (Å²) in [4.78, 5) is 26.4. The topological polar surface area (TPSA) is 93.8 Å². The number of hydrogen-bond donors (Lipinski definition) is 0. The fourth-order valence-electron chi connectivity index (χ4n) is 4.73. The van der Waals surface area contributed by atoms with E-state index < -0.39 is 0 Å². The van der Waals surface area contributed by atoms with E-state index in [2.05, 4.69) is 28.9 Å². The summed E-state index contributed by atoms with van der Waals surface area (Å²) in [7, 11) is 0. The molecular weight excluding hydrogens is 374 g/mol. The minimum Gasteiger partial charge on any atom is -0.376 e. The van der Waals surface area contributed by atoms with Crippen LogP contribution in [0.1, 0.15) is 41.9 Å². The van der Waals surface area contributed by atoms with Crippen molar-refractivity contribution in [2.45, 2.75) is 44.5 Å². The van der Waals surface area contributed by atoms with Crippen molar-refractivity contribution in [2.24, 2.45) is 0 Å². The predicted molar refractivity (Wildman–Crippen MR) is 103 cm³/mol. The first-order chi connectivity index (χ1) is 14.0. The summed E-state index contributed by atoms with van der Waals surface area (Å²) in [6, 6.07) is 0. The first kappa shape index (κ1) is 18.5. The highest BCUT2D eigenvalue weighted by Crippen LogP contribution is 2.40. The van der Waals surface area contributed by atoms with Crippen LogP contribution in [0.4, 0.5) is 5.95 Å². The average molecular weight is 399 g/mol. The minimum atomic E-state index is -0.304. The highest BCUT2D eigenvalue weighted by molar-refractivity contribution is 5.93. The predicted octanol–water partition coefficient (Wildman–Crippen LogP) is 1.39. The molecule has 29 heavy (non-hydrogen) atoms. The van der Waals surface area contributed by atoms with Crippen LogP contribution in [0.5, 0.6) is 0 Å². The maximum Gasteiger partial charge on any atom is 0.258 e. The van der Waals surface area contributed by atoms with Gasteiger partial charge in [0.15, 0.2) is 0 Å². The molecule has 2 saturated heterocycles. The molecule has 0 saturated carbocycles. The van der Waals surface area contributed by atoms with E-state index in [9.17, 15) is 4.79 Å². The fraction of sp³-hybridized carbons (Fsp3) is 0.600. The lowest BCUT2D eigenvalue weighted by atomic mass is 9.80. The van der Waals surface area contributed by atoms with Crippen LogP contribution >= 0.6 is 0 Å². The first-order valence-electron chi connectivity index (χ1n) is 10.1. The van der Waals surface area contributed by atoms with Gasteiger partial charge in [-0.3, -0.25) is 4.79 Å². The van der Waals surface area contributed by atoms with Gasteiger partial charge >= 0.3 is 0 Å². The second-order valence-electron chi connectivity index (χ2n) is 8.37. The SMILES string of the molecule is C[C@@H]1CN(c2ncc3c(n2)[C@]2(CCN(C(=O)c4cnoc4)C2)COC3)C[C@@H](C)O1. The normalized spacial score (nSPS) is 29.3. The zero-order valence-electron chi connectivity index (χ0n) is 16.7. The number of carbonyl (C=O) groups excluding carboxylic acids is 1. The van der Waals surface area contributed by atoms with Crippen LogP contribution in [0.25, 0.3) is 0 Å². The van der Waals surface area contributed by atoms with E-state index in [1.807, 2.05) is 11.1 Å². The van der Waals surface area contributed by atoms with E-state index in [0.29, 0.717) is 31.9 Å². The Bertz CT molecular complexity index is 894. The van der Waals surface area contributed by atoms with E-state index in [1.54, 1.807) is 0 Å². The number of ether oxygens (including phenoxy) is 2. The van der Waals surface area contributed by atoms with Gasteiger partial charge in [0.25, 0.3) is 5.91 Å². The maximum atomic E-state index is 12.8. The lowest BCUT2D eigenvalue weighted by Gasteiger charge is -2.38. The number of morpholine rings is 1. The summed E-state index contributed by atoms with van der Waals surface area (Å²) in [6.07, 6.45) is 5.81. The fourth-order valence-corrected chi connectivity index (χ4v) is 4.73. The van der Waals surface area contributed by atoms with Gasteiger partial charge in [0, 0.05) is 37.9 Å². The molecule has 0 radical (unpaired) electrons. The molecule has 2 aromatic rings. The number of likely N-dealkylation sites (tertiary alicyclic amines) is 1. The monoisotopic (exact) mass is 399 g/mol. The highest BCUT2D eigenvalue weighted by atomic mass is 16.5. The number of amides is 1. The first-order valence-corrected chi connectivity index (χ1v) is 10.1. The van der Waals surface area contributed by atoms with Crippen molar-refractivity contribution in [3.63, 3.8) is 0 Å². The molecule has 2 aromatic heterocycles. The lowest BCUT2D eigenvalue weighted by Crippen LogP contribution is -2.47. The summed E-state index contributed by atoms with van der Waals surface area (Å²) in [6.45, 7) is 7.96. The molecule has 3 atom stereocenters. The molecule has 5 rings (SSSR count). The quantitative estimate of drug-likeness (QED) is 0.748. The third-order valence-electron chi connectivity index (χ3n) is 6.01. The Morgan fingerprint density at radius 2 is 2.07 bits per heavy atom.